The van der Waals surface area contributed by atoms with Crippen molar-refractivity contribution in [2.45, 2.75) is 52.2 Å². The molecule has 0 amide bonds. The van der Waals surface area contributed by atoms with Crippen molar-refractivity contribution < 1.29 is 4.74 Å². The molecule has 3 heteroatoms. The third kappa shape index (κ3) is 5.10. The van der Waals surface area contributed by atoms with Crippen LogP contribution >= 0.6 is 0 Å². The molecule has 0 aliphatic carbocycles. The quantitative estimate of drug-likeness (QED) is 0.874. The monoisotopic (exact) mass is 290 g/mol. The van der Waals surface area contributed by atoms with Gasteiger partial charge in [0.15, 0.2) is 0 Å². The molecule has 1 aromatic rings. The zero-order valence-corrected chi connectivity index (χ0v) is 13.8. The number of hydrogen-bond donors (Lipinski definition) is 1. The van der Waals surface area contributed by atoms with Gasteiger partial charge in [-0.05, 0) is 52.1 Å². The predicted octanol–water partition coefficient (Wildman–Crippen LogP) is 3.19. The third-order valence-electron chi connectivity index (χ3n) is 4.29. The maximum Gasteiger partial charge on any atom is 0.0702 e. The van der Waals surface area contributed by atoms with Gasteiger partial charge in [0.25, 0.3) is 0 Å². The van der Waals surface area contributed by atoms with Crippen molar-refractivity contribution in [3.8, 4) is 0 Å². The molecule has 1 saturated heterocycles. The van der Waals surface area contributed by atoms with E-state index < -0.39 is 0 Å². The Balaban J connectivity index is 1.84. The lowest BCUT2D eigenvalue weighted by Gasteiger charge is -2.33. The highest BCUT2D eigenvalue weighted by atomic mass is 16.5. The van der Waals surface area contributed by atoms with Gasteiger partial charge in [0, 0.05) is 25.7 Å². The summed E-state index contributed by atoms with van der Waals surface area (Å²) in [6.07, 6.45) is 3.87. The second-order valence-corrected chi connectivity index (χ2v) is 6.34. The molecule has 0 aromatic heterocycles. The predicted molar refractivity (Wildman–Crippen MR) is 88.5 cm³/mol. The van der Waals surface area contributed by atoms with Crippen molar-refractivity contribution in [1.82, 2.24) is 4.90 Å². The molecule has 0 bridgehead atoms. The van der Waals surface area contributed by atoms with Gasteiger partial charge in [0.05, 0.1) is 6.10 Å². The van der Waals surface area contributed by atoms with Gasteiger partial charge in [0.1, 0.15) is 0 Å². The van der Waals surface area contributed by atoms with E-state index in [4.69, 9.17) is 10.5 Å². The molecule has 21 heavy (non-hydrogen) atoms. The molecule has 1 aliphatic heterocycles. The van der Waals surface area contributed by atoms with Crippen LogP contribution in [0.25, 0.3) is 0 Å². The van der Waals surface area contributed by atoms with Crippen molar-refractivity contribution in [2.75, 3.05) is 26.2 Å². The average molecular weight is 290 g/mol. The second kappa shape index (κ2) is 7.92. The summed E-state index contributed by atoms with van der Waals surface area (Å²) in [5.74, 6) is 0. The zero-order chi connectivity index (χ0) is 15.2. The Morgan fingerprint density at radius 1 is 1.29 bits per heavy atom. The van der Waals surface area contributed by atoms with Crippen molar-refractivity contribution in [3.05, 3.63) is 34.9 Å². The molecule has 1 fully saturated rings. The van der Waals surface area contributed by atoms with Crippen LogP contribution in [0, 0.1) is 13.8 Å². The lowest BCUT2D eigenvalue weighted by atomic mass is 9.99. The number of piperidine rings is 1. The molecule has 2 N–H and O–H groups in total. The van der Waals surface area contributed by atoms with Gasteiger partial charge in [-0.1, -0.05) is 29.3 Å². The Bertz CT molecular complexity index is 425. The number of nitrogens with two attached hydrogens (primary N) is 1. The minimum absolute atomic E-state index is 0.135. The molecule has 2 atom stereocenters. The molecular formula is C18H30N2O. The van der Waals surface area contributed by atoms with Crippen LogP contribution in [0.2, 0.25) is 0 Å². The van der Waals surface area contributed by atoms with Crippen molar-refractivity contribution in [2.24, 2.45) is 5.73 Å². The van der Waals surface area contributed by atoms with Gasteiger partial charge < -0.3 is 15.4 Å². The minimum Gasteiger partial charge on any atom is -0.377 e. The van der Waals surface area contributed by atoms with Crippen molar-refractivity contribution >= 4 is 0 Å². The first-order valence-electron chi connectivity index (χ1n) is 8.26. The summed E-state index contributed by atoms with van der Waals surface area (Å²) in [6.45, 7) is 10.5. The van der Waals surface area contributed by atoms with E-state index in [2.05, 4.69) is 43.9 Å². The first-order valence-corrected chi connectivity index (χ1v) is 8.26. The summed E-state index contributed by atoms with van der Waals surface area (Å²) < 4.78 is 5.76. The average Bonchev–Trinajstić information content (AvgIpc) is 2.44. The molecule has 0 saturated carbocycles. The minimum atomic E-state index is 0.135. The highest BCUT2D eigenvalue weighted by Crippen LogP contribution is 2.20. The zero-order valence-electron chi connectivity index (χ0n) is 13.8. The van der Waals surface area contributed by atoms with E-state index in [9.17, 15) is 0 Å². The van der Waals surface area contributed by atoms with Crippen LogP contribution in [0.15, 0.2) is 18.2 Å². The number of nitrogens with zero attached hydrogens (tertiary/aromatic N) is 1. The first-order chi connectivity index (χ1) is 10.1. The second-order valence-electron chi connectivity index (χ2n) is 6.34. The Morgan fingerprint density at radius 2 is 2.00 bits per heavy atom. The van der Waals surface area contributed by atoms with Crippen LogP contribution in [-0.4, -0.2) is 37.2 Å². The molecule has 3 nitrogen and oxygen atoms in total. The van der Waals surface area contributed by atoms with Gasteiger partial charge >= 0.3 is 0 Å². The van der Waals surface area contributed by atoms with Crippen molar-refractivity contribution in [1.29, 1.82) is 0 Å². The fourth-order valence-corrected chi connectivity index (χ4v) is 3.30. The molecule has 2 unspecified atom stereocenters. The van der Waals surface area contributed by atoms with E-state index >= 15 is 0 Å². The fraction of sp³-hybridized carbons (Fsp3) is 0.667. The van der Waals surface area contributed by atoms with Crippen molar-refractivity contribution in [3.63, 3.8) is 0 Å². The lowest BCUT2D eigenvalue weighted by Crippen LogP contribution is -2.40. The number of hydrogen-bond acceptors (Lipinski definition) is 3. The van der Waals surface area contributed by atoms with Crippen LogP contribution in [0.3, 0.4) is 0 Å². The molecule has 0 spiro atoms. The maximum absolute atomic E-state index is 6.39. The topological polar surface area (TPSA) is 38.5 Å². The van der Waals surface area contributed by atoms with E-state index in [1.807, 2.05) is 0 Å². The van der Waals surface area contributed by atoms with Gasteiger partial charge in [-0.25, -0.2) is 0 Å². The summed E-state index contributed by atoms with van der Waals surface area (Å²) in [6, 6.07) is 6.78. The van der Waals surface area contributed by atoms with Crippen LogP contribution in [0.1, 0.15) is 48.9 Å². The summed E-state index contributed by atoms with van der Waals surface area (Å²) in [4.78, 5) is 2.51. The van der Waals surface area contributed by atoms with E-state index in [1.165, 1.54) is 36.1 Å². The standard InChI is InChI=1S/C18H30N2O/c1-4-21-17-6-5-8-20(13-17)9-7-18(19)16-11-14(2)10-15(3)12-16/h10-12,17-18H,4-9,13,19H2,1-3H3. The molecular weight excluding hydrogens is 260 g/mol. The SMILES string of the molecule is CCOC1CCCN(CCC(N)c2cc(C)cc(C)c2)C1. The fourth-order valence-electron chi connectivity index (χ4n) is 3.30. The van der Waals surface area contributed by atoms with E-state index in [0.29, 0.717) is 6.10 Å². The molecule has 118 valence electrons. The van der Waals surface area contributed by atoms with Crippen LogP contribution in [0.5, 0.6) is 0 Å². The van der Waals surface area contributed by atoms with Crippen LogP contribution < -0.4 is 5.73 Å². The van der Waals surface area contributed by atoms with Gasteiger partial charge in [0.2, 0.25) is 0 Å². The summed E-state index contributed by atoms with van der Waals surface area (Å²) in [5, 5.41) is 0. The highest BCUT2D eigenvalue weighted by Gasteiger charge is 2.20. The van der Waals surface area contributed by atoms with Gasteiger partial charge in [-0.2, -0.15) is 0 Å². The molecule has 0 radical (unpaired) electrons. The normalized spacial score (nSPS) is 21.4. The van der Waals surface area contributed by atoms with Gasteiger partial charge in [-0.3, -0.25) is 0 Å². The highest BCUT2D eigenvalue weighted by molar-refractivity contribution is 5.30. The Labute approximate surface area is 129 Å². The Hall–Kier alpha value is -0.900. The van der Waals surface area contributed by atoms with Gasteiger partial charge in [-0.15, -0.1) is 0 Å². The number of rotatable bonds is 6. The maximum atomic E-state index is 6.39. The van der Waals surface area contributed by atoms with Crippen LogP contribution in [-0.2, 0) is 4.74 Å². The largest absolute Gasteiger partial charge is 0.377 e. The number of ether oxygens (including phenoxy) is 1. The number of benzene rings is 1. The molecule has 1 heterocycles. The summed E-state index contributed by atoms with van der Waals surface area (Å²) >= 11 is 0. The molecule has 1 aromatic carbocycles. The Morgan fingerprint density at radius 3 is 2.67 bits per heavy atom. The molecule has 1 aliphatic rings. The molecule has 2 rings (SSSR count). The summed E-state index contributed by atoms with van der Waals surface area (Å²) in [5.41, 5.74) is 10.3. The Kier molecular flexibility index (Phi) is 6.22. The first kappa shape index (κ1) is 16.5. The lowest BCUT2D eigenvalue weighted by molar-refractivity contribution is 0.00530. The summed E-state index contributed by atoms with van der Waals surface area (Å²) in [7, 11) is 0. The number of aryl methyl sites for hydroxylation is 2. The van der Waals surface area contributed by atoms with E-state index in [1.54, 1.807) is 0 Å². The smallest absolute Gasteiger partial charge is 0.0702 e. The van der Waals surface area contributed by atoms with E-state index in [-0.39, 0.29) is 6.04 Å². The van der Waals surface area contributed by atoms with E-state index in [0.717, 1.165) is 26.1 Å². The third-order valence-corrected chi connectivity index (χ3v) is 4.29. The number of likely N-dealkylation sites (tertiary alicyclic amines) is 1. The van der Waals surface area contributed by atoms with Crippen LogP contribution in [0.4, 0.5) is 0 Å².